The van der Waals surface area contributed by atoms with E-state index in [-0.39, 0.29) is 18.0 Å². The summed E-state index contributed by atoms with van der Waals surface area (Å²) >= 11 is 1.63. The number of anilines is 2. The van der Waals surface area contributed by atoms with Gasteiger partial charge in [-0.3, -0.25) is 9.69 Å². The van der Waals surface area contributed by atoms with Crippen LogP contribution in [-0.2, 0) is 4.79 Å². The third-order valence-corrected chi connectivity index (χ3v) is 6.54. The van der Waals surface area contributed by atoms with Crippen LogP contribution in [0.5, 0.6) is 5.75 Å². The number of nitrogens with two attached hydrogens (primary N) is 1. The zero-order valence-corrected chi connectivity index (χ0v) is 19.6. The van der Waals surface area contributed by atoms with E-state index in [1.807, 2.05) is 25.1 Å². The van der Waals surface area contributed by atoms with Gasteiger partial charge in [-0.1, -0.05) is 6.07 Å². The minimum Gasteiger partial charge on any atom is -0.492 e. The number of thiophene rings is 1. The molecule has 32 heavy (non-hydrogen) atoms. The summed E-state index contributed by atoms with van der Waals surface area (Å²) in [7, 11) is 0. The molecule has 8 nitrogen and oxygen atoms in total. The molecule has 1 amide bonds. The quantitative estimate of drug-likeness (QED) is 0.567. The number of nitrogens with zero attached hydrogens (tertiary/aromatic N) is 4. The van der Waals surface area contributed by atoms with Crippen LogP contribution in [-0.4, -0.2) is 65.6 Å². The maximum absolute atomic E-state index is 12.8. The van der Waals surface area contributed by atoms with Gasteiger partial charge in [0.15, 0.2) is 0 Å². The fourth-order valence-electron chi connectivity index (χ4n) is 4.36. The van der Waals surface area contributed by atoms with Crippen LogP contribution in [0.15, 0.2) is 36.0 Å². The Morgan fingerprint density at radius 1 is 1.25 bits per heavy atom. The first-order chi connectivity index (χ1) is 15.5. The van der Waals surface area contributed by atoms with Crippen molar-refractivity contribution in [3.05, 3.63) is 41.5 Å². The van der Waals surface area contributed by atoms with Crippen molar-refractivity contribution < 1.29 is 9.53 Å². The van der Waals surface area contributed by atoms with Crippen molar-refractivity contribution in [2.24, 2.45) is 5.73 Å². The summed E-state index contributed by atoms with van der Waals surface area (Å²) in [6.45, 7) is 9.14. The molecular formula is C23H30N6O2S. The first-order valence-corrected chi connectivity index (χ1v) is 11.8. The van der Waals surface area contributed by atoms with Gasteiger partial charge in [-0.25, -0.2) is 9.97 Å². The predicted molar refractivity (Wildman–Crippen MR) is 130 cm³/mol. The molecule has 0 aliphatic carbocycles. The summed E-state index contributed by atoms with van der Waals surface area (Å²) in [6.07, 6.45) is 1.64. The molecule has 1 aliphatic rings. The molecule has 0 radical (unpaired) electrons. The van der Waals surface area contributed by atoms with Gasteiger partial charge in [0, 0.05) is 43.5 Å². The number of hydrogen-bond acceptors (Lipinski definition) is 8. The second-order valence-corrected chi connectivity index (χ2v) is 9.19. The van der Waals surface area contributed by atoms with E-state index in [0.29, 0.717) is 25.4 Å². The number of aryl methyl sites for hydroxylation is 1. The molecule has 3 N–H and O–H groups in total. The maximum Gasteiger partial charge on any atom is 0.238 e. The summed E-state index contributed by atoms with van der Waals surface area (Å²) in [6, 6.07) is 8.21. The largest absolute Gasteiger partial charge is 0.492 e. The van der Waals surface area contributed by atoms with E-state index >= 15 is 0 Å². The highest BCUT2D eigenvalue weighted by Crippen LogP contribution is 2.31. The number of ether oxygens (including phenoxy) is 1. The average molecular weight is 455 g/mol. The van der Waals surface area contributed by atoms with Crippen molar-refractivity contribution in [2.75, 3.05) is 43.0 Å². The van der Waals surface area contributed by atoms with Gasteiger partial charge >= 0.3 is 0 Å². The molecule has 1 fully saturated rings. The lowest BCUT2D eigenvalue weighted by Gasteiger charge is -2.45. The average Bonchev–Trinajstić information content (AvgIpc) is 3.23. The van der Waals surface area contributed by atoms with E-state index in [4.69, 9.17) is 10.5 Å². The van der Waals surface area contributed by atoms with Crippen LogP contribution in [0.4, 0.5) is 11.5 Å². The van der Waals surface area contributed by atoms with E-state index in [2.05, 4.69) is 50.4 Å². The molecule has 4 rings (SSSR count). The zero-order valence-electron chi connectivity index (χ0n) is 18.7. The van der Waals surface area contributed by atoms with Crippen molar-refractivity contribution in [3.8, 4) is 5.75 Å². The van der Waals surface area contributed by atoms with Gasteiger partial charge in [0.2, 0.25) is 5.91 Å². The Balaban J connectivity index is 1.40. The molecule has 1 aromatic carbocycles. The number of fused-ring (bicyclic) bond motifs is 1. The van der Waals surface area contributed by atoms with Crippen molar-refractivity contribution >= 4 is 39.0 Å². The summed E-state index contributed by atoms with van der Waals surface area (Å²) in [5, 5.41) is 6.19. The molecule has 0 unspecified atom stereocenters. The van der Waals surface area contributed by atoms with Crippen LogP contribution in [0.3, 0.4) is 0 Å². The summed E-state index contributed by atoms with van der Waals surface area (Å²) in [4.78, 5) is 27.3. The first kappa shape index (κ1) is 22.4. The molecule has 2 atom stereocenters. The second kappa shape index (κ2) is 9.81. The van der Waals surface area contributed by atoms with Gasteiger partial charge in [-0.05, 0) is 43.8 Å². The van der Waals surface area contributed by atoms with E-state index in [0.717, 1.165) is 40.4 Å². The third kappa shape index (κ3) is 4.85. The summed E-state index contributed by atoms with van der Waals surface area (Å²) in [5.41, 5.74) is 7.27. The van der Waals surface area contributed by atoms with Gasteiger partial charge in [-0.15, -0.1) is 11.3 Å². The van der Waals surface area contributed by atoms with Crippen molar-refractivity contribution in [1.82, 2.24) is 14.9 Å². The van der Waals surface area contributed by atoms with Crippen LogP contribution in [0, 0.1) is 6.92 Å². The molecule has 170 valence electrons. The molecule has 0 bridgehead atoms. The molecule has 0 spiro atoms. The number of rotatable bonds is 7. The lowest BCUT2D eigenvalue weighted by molar-refractivity contribution is -0.117. The Labute approximate surface area is 192 Å². The molecule has 2 aromatic heterocycles. The van der Waals surface area contributed by atoms with Crippen LogP contribution < -0.4 is 20.7 Å². The number of benzene rings is 1. The highest BCUT2D eigenvalue weighted by Gasteiger charge is 2.32. The van der Waals surface area contributed by atoms with Crippen LogP contribution in [0.25, 0.3) is 10.2 Å². The van der Waals surface area contributed by atoms with Gasteiger partial charge in [0.1, 0.15) is 29.3 Å². The van der Waals surface area contributed by atoms with Gasteiger partial charge in [0.05, 0.1) is 11.9 Å². The van der Waals surface area contributed by atoms with E-state index in [1.54, 1.807) is 17.7 Å². The predicted octanol–water partition coefficient (Wildman–Crippen LogP) is 2.87. The van der Waals surface area contributed by atoms with Crippen molar-refractivity contribution in [2.45, 2.75) is 32.9 Å². The first-order valence-electron chi connectivity index (χ1n) is 10.9. The van der Waals surface area contributed by atoms with Gasteiger partial charge < -0.3 is 20.7 Å². The Kier molecular flexibility index (Phi) is 6.88. The van der Waals surface area contributed by atoms with E-state index in [9.17, 15) is 4.79 Å². The zero-order chi connectivity index (χ0) is 22.7. The number of piperazine rings is 1. The molecular weight excluding hydrogens is 424 g/mol. The summed E-state index contributed by atoms with van der Waals surface area (Å²) < 4.78 is 5.59. The number of carbonyl (C=O) groups is 1. The van der Waals surface area contributed by atoms with E-state index in [1.165, 1.54) is 0 Å². The third-order valence-electron chi connectivity index (χ3n) is 5.72. The number of nitrogens with one attached hydrogen (secondary N) is 1. The molecule has 1 saturated heterocycles. The maximum atomic E-state index is 12.8. The van der Waals surface area contributed by atoms with Crippen LogP contribution in [0.1, 0.15) is 19.4 Å². The van der Waals surface area contributed by atoms with Crippen molar-refractivity contribution in [1.29, 1.82) is 0 Å². The van der Waals surface area contributed by atoms with Gasteiger partial charge in [0.25, 0.3) is 0 Å². The second-order valence-electron chi connectivity index (χ2n) is 8.30. The molecule has 9 heteroatoms. The fraction of sp³-hybridized carbons (Fsp3) is 0.435. The minimum atomic E-state index is -0.0285. The number of amides is 1. The monoisotopic (exact) mass is 454 g/mol. The SMILES string of the molecule is Cc1ccc(OCCN)cc1NC(=O)CN1C[C@@H](C)N(c2ncnc3sccc23)[C@@H](C)C1. The highest BCUT2D eigenvalue weighted by molar-refractivity contribution is 7.16. The Morgan fingerprint density at radius 3 is 2.78 bits per heavy atom. The number of carbonyl (C=O) groups excluding carboxylic acids is 1. The smallest absolute Gasteiger partial charge is 0.238 e. The minimum absolute atomic E-state index is 0.0285. The lowest BCUT2D eigenvalue weighted by Crippen LogP contribution is -2.58. The molecule has 3 heterocycles. The topological polar surface area (TPSA) is 96.6 Å². The van der Waals surface area contributed by atoms with Gasteiger partial charge in [-0.2, -0.15) is 0 Å². The summed E-state index contributed by atoms with van der Waals surface area (Å²) in [5.74, 6) is 1.65. The standard InChI is InChI=1S/C23H30N6O2S/c1-15-4-5-18(31-8-7-24)10-20(15)27-21(30)13-28-11-16(2)29(17(3)12-28)22-19-6-9-32-23(19)26-14-25-22/h4-6,9-10,14,16-17H,7-8,11-13,24H2,1-3H3,(H,27,30)/t16-,17+. The molecule has 3 aromatic rings. The lowest BCUT2D eigenvalue weighted by atomic mass is 10.1. The van der Waals surface area contributed by atoms with Crippen molar-refractivity contribution in [3.63, 3.8) is 0 Å². The normalized spacial score (nSPS) is 19.3. The highest BCUT2D eigenvalue weighted by atomic mass is 32.1. The fourth-order valence-corrected chi connectivity index (χ4v) is 5.08. The Morgan fingerprint density at radius 2 is 2.03 bits per heavy atom. The number of hydrogen-bond donors (Lipinski definition) is 2. The molecule has 1 aliphatic heterocycles. The number of aromatic nitrogens is 2. The van der Waals surface area contributed by atoms with E-state index < -0.39 is 0 Å². The Bertz CT molecular complexity index is 1080. The molecule has 0 saturated carbocycles. The van der Waals surface area contributed by atoms with Crippen LogP contribution in [0.2, 0.25) is 0 Å². The van der Waals surface area contributed by atoms with Crippen LogP contribution >= 0.6 is 11.3 Å². The Hall–Kier alpha value is -2.75.